The number of nitrogens with zero attached hydrogens (tertiary/aromatic N) is 6. The molecule has 4 fully saturated rings. The molecule has 39 heavy (non-hydrogen) atoms. The number of hydrogen-bond donors (Lipinski definition) is 1. The smallest absolute Gasteiger partial charge is 0.378 e. The molecule has 1 aliphatic carbocycles. The van der Waals surface area contributed by atoms with Crippen LogP contribution in [0.25, 0.3) is 0 Å². The average molecular weight is 573 g/mol. The number of oxime groups is 1. The number of fused-ring (bicyclic) bond motifs is 1. The summed E-state index contributed by atoms with van der Waals surface area (Å²) in [7, 11) is 10.2. The van der Waals surface area contributed by atoms with E-state index < -0.39 is 51.4 Å². The van der Waals surface area contributed by atoms with Crippen molar-refractivity contribution in [1.29, 1.82) is 0 Å². The van der Waals surface area contributed by atoms with Crippen LogP contribution in [0, 0.1) is 12.8 Å². The Morgan fingerprint density at radius 2 is 1.90 bits per heavy atom. The summed E-state index contributed by atoms with van der Waals surface area (Å²) in [5.41, 5.74) is -1.69. The molecule has 5 rings (SSSR count). The number of β-lactam (4-membered cyclic amide) rings is 1. The molecule has 202 valence electrons. The van der Waals surface area contributed by atoms with Gasteiger partial charge in [0.1, 0.15) is 5.01 Å². The van der Waals surface area contributed by atoms with Crippen LogP contribution in [-0.2, 0) is 33.3 Å². The van der Waals surface area contributed by atoms with Crippen LogP contribution in [-0.4, -0.2) is 111 Å². The van der Waals surface area contributed by atoms with Gasteiger partial charge >= 0.3 is 34.1 Å². The largest absolute Gasteiger partial charge is 0.541 e. The lowest BCUT2D eigenvalue weighted by Crippen LogP contribution is -2.60. The van der Waals surface area contributed by atoms with Crippen LogP contribution < -0.4 is 5.84 Å². The number of ketones is 1. The Bertz CT molecular complexity index is 1280. The molecule has 1 saturated carbocycles. The summed E-state index contributed by atoms with van der Waals surface area (Å²) >= 11 is 2.03. The summed E-state index contributed by atoms with van der Waals surface area (Å²) < 4.78 is 13.0. The first-order valence-corrected chi connectivity index (χ1v) is 13.5. The van der Waals surface area contributed by atoms with Crippen molar-refractivity contribution < 1.29 is 38.1 Å². The third kappa shape index (κ3) is 4.35. The molecule has 1 unspecified atom stereocenters. The first-order chi connectivity index (χ1) is 18.6. The number of aryl methyl sites for hydroxylation is 1. The zero-order valence-corrected chi connectivity index (χ0v) is 22.2. The van der Waals surface area contributed by atoms with Crippen molar-refractivity contribution in [2.24, 2.45) is 16.9 Å². The molecule has 3 atom stereocenters. The molecular formula is C20H21B2N7O8S2. The maximum atomic E-state index is 13.4. The van der Waals surface area contributed by atoms with Crippen molar-refractivity contribution in [3.63, 3.8) is 0 Å². The highest BCUT2D eigenvalue weighted by atomic mass is 32.2. The maximum Gasteiger partial charge on any atom is 0.378 e. The van der Waals surface area contributed by atoms with E-state index in [0.717, 1.165) is 28.3 Å². The number of thioether (sulfide) groups is 1. The van der Waals surface area contributed by atoms with Gasteiger partial charge in [-0.2, -0.15) is 4.37 Å². The van der Waals surface area contributed by atoms with Gasteiger partial charge < -0.3 is 19.0 Å². The van der Waals surface area contributed by atoms with E-state index in [9.17, 15) is 24.0 Å². The van der Waals surface area contributed by atoms with Crippen LogP contribution in [0.3, 0.4) is 0 Å². The number of amides is 3. The maximum absolute atomic E-state index is 13.4. The summed E-state index contributed by atoms with van der Waals surface area (Å²) in [5.74, 6) is 2.03. The number of urea groups is 1. The molecule has 0 spiro atoms. The van der Waals surface area contributed by atoms with Crippen molar-refractivity contribution in [3.05, 3.63) is 10.8 Å². The Kier molecular flexibility index (Phi) is 7.09. The molecule has 3 saturated heterocycles. The molecule has 4 radical (unpaired) electrons. The van der Waals surface area contributed by atoms with Crippen LogP contribution >= 0.6 is 23.3 Å². The Balaban J connectivity index is 1.37. The number of carbonyl (C=O) groups excluding carboxylic acids is 5. The second-order valence-electron chi connectivity index (χ2n) is 9.45. The summed E-state index contributed by atoms with van der Waals surface area (Å²) in [6.07, 6.45) is 0.927. The predicted molar refractivity (Wildman–Crippen MR) is 134 cm³/mol. The van der Waals surface area contributed by atoms with Gasteiger partial charge in [0.05, 0.1) is 24.4 Å². The molecule has 2 N–H and O–H groups in total. The lowest BCUT2D eigenvalue weighted by Gasteiger charge is -2.41. The minimum atomic E-state index is -1.62. The fourth-order valence-electron chi connectivity index (χ4n) is 4.90. The highest BCUT2D eigenvalue weighted by molar-refractivity contribution is 8.02. The Hall–Kier alpha value is -3.18. The van der Waals surface area contributed by atoms with Crippen molar-refractivity contribution >= 4 is 74.8 Å². The fraction of sp³-hybridized carbons (Fsp3) is 0.600. The van der Waals surface area contributed by atoms with Gasteiger partial charge in [0, 0.05) is 25.8 Å². The van der Waals surface area contributed by atoms with E-state index in [1.54, 1.807) is 6.92 Å². The van der Waals surface area contributed by atoms with Crippen LogP contribution in [0.15, 0.2) is 5.16 Å². The fourth-order valence-corrected chi connectivity index (χ4v) is 7.11. The number of hydrazine groups is 1. The third-order valence-corrected chi connectivity index (χ3v) is 9.57. The quantitative estimate of drug-likeness (QED) is 0.0905. The van der Waals surface area contributed by atoms with Gasteiger partial charge in [0.2, 0.25) is 16.4 Å². The van der Waals surface area contributed by atoms with Crippen LogP contribution in [0.1, 0.15) is 36.5 Å². The van der Waals surface area contributed by atoms with Crippen molar-refractivity contribution in [1.82, 2.24) is 24.2 Å². The van der Waals surface area contributed by atoms with Crippen LogP contribution in [0.5, 0.6) is 0 Å². The van der Waals surface area contributed by atoms with E-state index in [-0.39, 0.29) is 37.6 Å². The molecular weight excluding hydrogens is 552 g/mol. The second-order valence-corrected chi connectivity index (χ2v) is 11.8. The molecule has 0 bridgehead atoms. The third-order valence-electron chi connectivity index (χ3n) is 7.22. The zero-order chi connectivity index (χ0) is 28.1. The topological polar surface area (TPSA) is 187 Å². The zero-order valence-electron chi connectivity index (χ0n) is 20.6. The summed E-state index contributed by atoms with van der Waals surface area (Å²) in [5, 5.41) is 4.80. The number of nitrogens with two attached hydrogens (primary N) is 1. The monoisotopic (exact) mass is 573 g/mol. The minimum Gasteiger partial charge on any atom is -0.541 e. The number of hydrogen-bond acceptors (Lipinski definition) is 14. The molecule has 3 aliphatic heterocycles. The molecule has 1 aromatic rings. The Morgan fingerprint density at radius 1 is 1.18 bits per heavy atom. The van der Waals surface area contributed by atoms with Crippen molar-refractivity contribution in [2.75, 3.05) is 19.6 Å². The lowest BCUT2D eigenvalue weighted by molar-refractivity contribution is -0.175. The van der Waals surface area contributed by atoms with Gasteiger partial charge in [-0.3, -0.25) is 24.3 Å². The van der Waals surface area contributed by atoms with Gasteiger partial charge in [-0.15, -0.1) is 0 Å². The second kappa shape index (κ2) is 10.1. The van der Waals surface area contributed by atoms with Crippen LogP contribution in [0.2, 0.25) is 0 Å². The van der Waals surface area contributed by atoms with E-state index >= 15 is 0 Å². The van der Waals surface area contributed by atoms with Gasteiger partial charge in [-0.05, 0) is 24.9 Å². The number of rotatable bonds is 9. The summed E-state index contributed by atoms with van der Waals surface area (Å²) in [6.45, 7) is 1.79. The molecule has 4 aliphatic rings. The van der Waals surface area contributed by atoms with Crippen LogP contribution in [0.4, 0.5) is 4.79 Å². The molecule has 4 heterocycles. The molecule has 1 aromatic heterocycles. The Morgan fingerprint density at radius 3 is 2.44 bits per heavy atom. The SMILES string of the molecule is [B]OC(=O)C1(O/N=C(\C(=O)CC2C(=O)N3C[C@@](C(=O)O[B])(N4CCN(N)C4=O)S[C@H]23)c2nsc(C)n2)CCC1. The first-order valence-electron chi connectivity index (χ1n) is 11.8. The van der Waals surface area contributed by atoms with Gasteiger partial charge in [0.15, 0.2) is 17.3 Å². The van der Waals surface area contributed by atoms with E-state index in [1.165, 1.54) is 9.80 Å². The van der Waals surface area contributed by atoms with E-state index in [0.29, 0.717) is 24.3 Å². The van der Waals surface area contributed by atoms with Gasteiger partial charge in [0.25, 0.3) is 0 Å². The molecule has 19 heteroatoms. The van der Waals surface area contributed by atoms with E-state index in [2.05, 4.69) is 23.8 Å². The Labute approximate surface area is 232 Å². The highest BCUT2D eigenvalue weighted by Crippen LogP contribution is 2.53. The molecule has 15 nitrogen and oxygen atoms in total. The molecule has 3 amide bonds. The predicted octanol–water partition coefficient (Wildman–Crippen LogP) is -1.46. The van der Waals surface area contributed by atoms with Crippen molar-refractivity contribution in [2.45, 2.75) is 48.5 Å². The average Bonchev–Trinajstić information content (AvgIpc) is 3.59. The van der Waals surface area contributed by atoms with Gasteiger partial charge in [-0.1, -0.05) is 16.9 Å². The van der Waals surface area contributed by atoms with E-state index in [1.807, 2.05) is 0 Å². The number of Topliss-reactive ketones (excluding diaryl/α,β-unsaturated/α-hetero) is 1. The number of aromatic nitrogens is 2. The number of carbonyl (C=O) groups is 5. The lowest BCUT2D eigenvalue weighted by atomic mass is 9.80. The summed E-state index contributed by atoms with van der Waals surface area (Å²) in [6, 6.07) is -0.618. The molecule has 0 aromatic carbocycles. The first kappa shape index (κ1) is 27.4. The highest BCUT2D eigenvalue weighted by Gasteiger charge is 2.66. The van der Waals surface area contributed by atoms with Crippen molar-refractivity contribution in [3.8, 4) is 0 Å². The minimum absolute atomic E-state index is 0.0208. The van der Waals surface area contributed by atoms with E-state index in [4.69, 9.17) is 26.8 Å². The van der Waals surface area contributed by atoms with Gasteiger partial charge in [-0.25, -0.2) is 20.4 Å². The summed E-state index contributed by atoms with van der Waals surface area (Å²) in [4.78, 5) is 74.7. The standard InChI is InChI=1S/C20H21B2N7O8S2/c1-9-24-13(26-39-9)12(25-37-19(3-2-4-19)16(32)35-21)11(30)7-10-14(31)27-8-20(17(33)36-22,38-15(10)27)28-5-6-29(23)18(28)34/h10,15H,2-8,23H2,1H3/b25-12+/t10?,15-,20-/m1/s1. The normalized spacial score (nSPS) is 27.5.